The molecular formula is C13H20N2O3S. The normalized spacial score (nSPS) is 18.6. The van der Waals surface area contributed by atoms with E-state index in [1.165, 1.54) is 0 Å². The Balaban J connectivity index is 2.28. The molecule has 1 aliphatic rings. The van der Waals surface area contributed by atoms with E-state index in [4.69, 9.17) is 4.74 Å². The lowest BCUT2D eigenvalue weighted by Gasteiger charge is -2.27. The van der Waals surface area contributed by atoms with Gasteiger partial charge in [0, 0.05) is 6.04 Å². The van der Waals surface area contributed by atoms with Crippen LogP contribution in [-0.2, 0) is 10.0 Å². The van der Waals surface area contributed by atoms with Gasteiger partial charge in [-0.15, -0.1) is 0 Å². The molecule has 5 nitrogen and oxygen atoms in total. The molecular weight excluding hydrogens is 264 g/mol. The molecule has 6 heteroatoms. The van der Waals surface area contributed by atoms with Crippen molar-refractivity contribution in [1.29, 1.82) is 0 Å². The third-order valence-corrected chi connectivity index (χ3v) is 4.58. The van der Waals surface area contributed by atoms with Crippen LogP contribution in [0.2, 0.25) is 0 Å². The Morgan fingerprint density at radius 1 is 1.47 bits per heavy atom. The van der Waals surface area contributed by atoms with Crippen molar-refractivity contribution in [2.45, 2.75) is 44.2 Å². The maximum Gasteiger partial charge on any atom is 0.240 e. The van der Waals surface area contributed by atoms with Gasteiger partial charge in [0.25, 0.3) is 0 Å². The van der Waals surface area contributed by atoms with E-state index in [9.17, 15) is 8.42 Å². The molecule has 19 heavy (non-hydrogen) atoms. The van der Waals surface area contributed by atoms with Crippen molar-refractivity contribution in [1.82, 2.24) is 4.72 Å². The highest BCUT2D eigenvalue weighted by Crippen LogP contribution is 2.31. The molecule has 0 saturated heterocycles. The van der Waals surface area contributed by atoms with Crippen molar-refractivity contribution in [3.63, 3.8) is 0 Å². The number of hydrogen-bond donors (Lipinski definition) is 2. The average molecular weight is 284 g/mol. The van der Waals surface area contributed by atoms with Crippen LogP contribution in [-0.4, -0.2) is 27.1 Å². The lowest BCUT2D eigenvalue weighted by atomic mass is 10.2. The molecule has 0 saturated carbocycles. The van der Waals surface area contributed by atoms with Crippen LogP contribution in [0.1, 0.15) is 27.2 Å². The van der Waals surface area contributed by atoms with Crippen molar-refractivity contribution >= 4 is 15.7 Å². The van der Waals surface area contributed by atoms with Gasteiger partial charge >= 0.3 is 0 Å². The van der Waals surface area contributed by atoms with Crippen molar-refractivity contribution < 1.29 is 13.2 Å². The zero-order valence-corrected chi connectivity index (χ0v) is 12.3. The quantitative estimate of drug-likeness (QED) is 0.887. The highest BCUT2D eigenvalue weighted by atomic mass is 32.2. The number of nitrogens with one attached hydrogen (secondary N) is 2. The zero-order valence-electron chi connectivity index (χ0n) is 11.4. The molecule has 0 aromatic heterocycles. The number of sulfonamides is 1. The predicted molar refractivity (Wildman–Crippen MR) is 75.1 cm³/mol. The van der Waals surface area contributed by atoms with Crippen LogP contribution < -0.4 is 14.8 Å². The second-order valence-corrected chi connectivity index (χ2v) is 6.68. The summed E-state index contributed by atoms with van der Waals surface area (Å²) in [5.41, 5.74) is 0.733. The van der Waals surface area contributed by atoms with Gasteiger partial charge in [-0.25, -0.2) is 13.1 Å². The molecule has 1 aromatic carbocycles. The average Bonchev–Trinajstić information content (AvgIpc) is 2.36. The standard InChI is InChI=1S/C13H20N2O3S/c1-4-10-8-14-12-7-11(5-6-13(12)18-10)19(16,17)15-9(2)3/h5-7,9-10,14-15H,4,8H2,1-3H3. The second-order valence-electron chi connectivity index (χ2n) is 4.96. The van der Waals surface area contributed by atoms with Crippen LogP contribution in [0.25, 0.3) is 0 Å². The maximum atomic E-state index is 12.1. The number of ether oxygens (including phenoxy) is 1. The van der Waals surface area contributed by atoms with E-state index >= 15 is 0 Å². The van der Waals surface area contributed by atoms with Crippen molar-refractivity contribution in [2.24, 2.45) is 0 Å². The molecule has 0 amide bonds. The minimum absolute atomic E-state index is 0.130. The molecule has 0 spiro atoms. The van der Waals surface area contributed by atoms with E-state index in [-0.39, 0.29) is 17.0 Å². The van der Waals surface area contributed by atoms with Crippen LogP contribution in [0.5, 0.6) is 5.75 Å². The molecule has 1 unspecified atom stereocenters. The van der Waals surface area contributed by atoms with Crippen molar-refractivity contribution in [3.05, 3.63) is 18.2 Å². The lowest BCUT2D eigenvalue weighted by molar-refractivity contribution is 0.201. The molecule has 2 N–H and O–H groups in total. The smallest absolute Gasteiger partial charge is 0.240 e. The SMILES string of the molecule is CCC1CNc2cc(S(=O)(=O)NC(C)C)ccc2O1. The Labute approximate surface area is 114 Å². The first-order valence-corrected chi connectivity index (χ1v) is 7.97. The van der Waals surface area contributed by atoms with Crippen LogP contribution in [0.15, 0.2) is 23.1 Å². The molecule has 0 bridgehead atoms. The van der Waals surface area contributed by atoms with Gasteiger partial charge in [0.1, 0.15) is 11.9 Å². The Morgan fingerprint density at radius 2 is 2.21 bits per heavy atom. The van der Waals surface area contributed by atoms with Gasteiger partial charge < -0.3 is 10.1 Å². The van der Waals surface area contributed by atoms with E-state index in [1.54, 1.807) is 32.0 Å². The summed E-state index contributed by atoms with van der Waals surface area (Å²) in [6.07, 6.45) is 1.06. The Morgan fingerprint density at radius 3 is 2.84 bits per heavy atom. The molecule has 106 valence electrons. The van der Waals surface area contributed by atoms with Crippen LogP contribution in [0.3, 0.4) is 0 Å². The molecule has 1 heterocycles. The van der Waals surface area contributed by atoms with Crippen LogP contribution >= 0.6 is 0 Å². The second kappa shape index (κ2) is 5.38. The lowest BCUT2D eigenvalue weighted by Crippen LogP contribution is -2.32. The Bertz CT molecular complexity index is 555. The molecule has 1 aromatic rings. The molecule has 0 radical (unpaired) electrons. The van der Waals surface area contributed by atoms with Crippen LogP contribution in [0, 0.1) is 0 Å². The fourth-order valence-corrected chi connectivity index (χ4v) is 3.25. The fraction of sp³-hybridized carbons (Fsp3) is 0.538. The van der Waals surface area contributed by atoms with E-state index in [0.717, 1.165) is 12.1 Å². The number of fused-ring (bicyclic) bond motifs is 1. The molecule has 0 aliphatic carbocycles. The number of benzene rings is 1. The van der Waals surface area contributed by atoms with Gasteiger partial charge in [-0.05, 0) is 38.5 Å². The van der Waals surface area contributed by atoms with E-state index in [2.05, 4.69) is 17.0 Å². The number of anilines is 1. The van der Waals surface area contributed by atoms with Crippen LogP contribution in [0.4, 0.5) is 5.69 Å². The van der Waals surface area contributed by atoms with Gasteiger partial charge in [0.15, 0.2) is 0 Å². The van der Waals surface area contributed by atoms with E-state index < -0.39 is 10.0 Å². The first-order chi connectivity index (χ1) is 8.92. The zero-order chi connectivity index (χ0) is 14.0. The third kappa shape index (κ3) is 3.19. The summed E-state index contributed by atoms with van der Waals surface area (Å²) in [6, 6.07) is 4.77. The molecule has 0 fully saturated rings. The number of rotatable bonds is 4. The summed E-state index contributed by atoms with van der Waals surface area (Å²) >= 11 is 0. The summed E-state index contributed by atoms with van der Waals surface area (Å²) in [6.45, 7) is 6.35. The topological polar surface area (TPSA) is 67.4 Å². The van der Waals surface area contributed by atoms with Gasteiger partial charge in [0.05, 0.1) is 17.1 Å². The van der Waals surface area contributed by atoms with Gasteiger partial charge in [-0.3, -0.25) is 0 Å². The van der Waals surface area contributed by atoms with Crippen molar-refractivity contribution in [3.8, 4) is 5.75 Å². The first-order valence-electron chi connectivity index (χ1n) is 6.49. The first kappa shape index (κ1) is 14.1. The molecule has 1 atom stereocenters. The minimum atomic E-state index is -3.46. The fourth-order valence-electron chi connectivity index (χ4n) is 1.97. The molecule has 2 rings (SSSR count). The highest BCUT2D eigenvalue weighted by Gasteiger charge is 2.21. The van der Waals surface area contributed by atoms with Gasteiger partial charge in [-0.2, -0.15) is 0 Å². The minimum Gasteiger partial charge on any atom is -0.486 e. The van der Waals surface area contributed by atoms with Gasteiger partial charge in [0.2, 0.25) is 10.0 Å². The summed E-state index contributed by atoms with van der Waals surface area (Å²) in [7, 11) is -3.46. The Hall–Kier alpha value is -1.27. The highest BCUT2D eigenvalue weighted by molar-refractivity contribution is 7.89. The van der Waals surface area contributed by atoms with Crippen molar-refractivity contribution in [2.75, 3.05) is 11.9 Å². The Kier molecular flexibility index (Phi) is 4.01. The largest absolute Gasteiger partial charge is 0.486 e. The summed E-state index contributed by atoms with van der Waals surface area (Å²) < 4.78 is 32.5. The monoisotopic (exact) mass is 284 g/mol. The van der Waals surface area contributed by atoms with Gasteiger partial charge in [-0.1, -0.05) is 6.92 Å². The third-order valence-electron chi connectivity index (χ3n) is 2.92. The van der Waals surface area contributed by atoms with E-state index in [0.29, 0.717) is 12.3 Å². The van der Waals surface area contributed by atoms with E-state index in [1.807, 2.05) is 0 Å². The summed E-state index contributed by atoms with van der Waals surface area (Å²) in [5, 5.41) is 3.21. The maximum absolute atomic E-state index is 12.1. The predicted octanol–water partition coefficient (Wildman–Crippen LogP) is 1.96. The number of hydrogen-bond acceptors (Lipinski definition) is 4. The summed E-state index contributed by atoms with van der Waals surface area (Å²) in [4.78, 5) is 0.256. The molecule has 1 aliphatic heterocycles. The summed E-state index contributed by atoms with van der Waals surface area (Å²) in [5.74, 6) is 0.710.